The van der Waals surface area contributed by atoms with Crippen molar-refractivity contribution in [3.63, 3.8) is 0 Å². The van der Waals surface area contributed by atoms with E-state index in [0.717, 1.165) is 17.6 Å². The highest BCUT2D eigenvalue weighted by Crippen LogP contribution is 2.24. The Morgan fingerprint density at radius 1 is 1.26 bits per heavy atom. The molecule has 2 rings (SSSR count). The molecule has 0 aliphatic rings. The number of ketones is 1. The van der Waals surface area contributed by atoms with Gasteiger partial charge >= 0.3 is 0 Å². The monoisotopic (exact) mass is 255 g/mol. The fourth-order valence-corrected chi connectivity index (χ4v) is 2.65. The van der Waals surface area contributed by atoms with Crippen molar-refractivity contribution < 1.29 is 4.79 Å². The topological polar surface area (TPSA) is 30.0 Å². The van der Waals surface area contributed by atoms with E-state index in [1.54, 1.807) is 6.92 Å². The lowest BCUT2D eigenvalue weighted by Crippen LogP contribution is -2.20. The molecule has 1 heterocycles. The lowest BCUT2D eigenvalue weighted by molar-refractivity contribution is -0.121. The van der Waals surface area contributed by atoms with Gasteiger partial charge in [-0.25, -0.2) is 0 Å². The predicted octanol–water partition coefficient (Wildman–Crippen LogP) is 3.95. The molecule has 0 saturated heterocycles. The molecule has 0 radical (unpaired) electrons. The van der Waals surface area contributed by atoms with Crippen molar-refractivity contribution in [2.45, 2.75) is 34.1 Å². The van der Waals surface area contributed by atoms with E-state index in [2.05, 4.69) is 31.0 Å². The highest BCUT2D eigenvalue weighted by atomic mass is 16.1. The van der Waals surface area contributed by atoms with Gasteiger partial charge in [0.15, 0.2) is 0 Å². The molecule has 0 N–H and O–H groups in total. The normalized spacial score (nSPS) is 12.9. The second-order valence-corrected chi connectivity index (χ2v) is 5.61. The van der Waals surface area contributed by atoms with E-state index in [9.17, 15) is 4.79 Å². The molecule has 0 fully saturated rings. The zero-order chi connectivity index (χ0) is 14.0. The number of carbonyl (C=O) groups excluding carboxylic acids is 1. The number of aromatic nitrogens is 1. The second-order valence-electron chi connectivity index (χ2n) is 5.61. The molecule has 1 unspecified atom stereocenters. The average molecular weight is 255 g/mol. The minimum Gasteiger partial charge on any atom is -0.300 e. The summed E-state index contributed by atoms with van der Waals surface area (Å²) in [6, 6.07) is 10.3. The number of nitrogens with zero attached hydrogens (tertiary/aromatic N) is 1. The SMILES string of the molecule is CC(=O)C(Cc1cc(C)nc2ccccc12)C(C)C. The first-order valence-electron chi connectivity index (χ1n) is 6.84. The summed E-state index contributed by atoms with van der Waals surface area (Å²) in [4.78, 5) is 16.3. The van der Waals surface area contributed by atoms with Gasteiger partial charge in [0.2, 0.25) is 0 Å². The first-order valence-corrected chi connectivity index (χ1v) is 6.84. The number of Topliss-reactive ketones (excluding diaryl/α,β-unsaturated/α-hetero) is 1. The average Bonchev–Trinajstić information content (AvgIpc) is 2.34. The third kappa shape index (κ3) is 3.01. The van der Waals surface area contributed by atoms with Crippen molar-refractivity contribution in [2.24, 2.45) is 11.8 Å². The van der Waals surface area contributed by atoms with Crippen molar-refractivity contribution in [3.8, 4) is 0 Å². The van der Waals surface area contributed by atoms with Crippen LogP contribution in [-0.2, 0) is 11.2 Å². The molecule has 0 amide bonds. The number of pyridine rings is 1. The quantitative estimate of drug-likeness (QED) is 0.828. The second kappa shape index (κ2) is 5.52. The number of carbonyl (C=O) groups is 1. The van der Waals surface area contributed by atoms with Gasteiger partial charge in [-0.3, -0.25) is 9.78 Å². The number of para-hydroxylation sites is 1. The summed E-state index contributed by atoms with van der Waals surface area (Å²) >= 11 is 0. The van der Waals surface area contributed by atoms with Crippen molar-refractivity contribution in [3.05, 3.63) is 41.6 Å². The van der Waals surface area contributed by atoms with E-state index in [4.69, 9.17) is 0 Å². The Balaban J connectivity index is 2.47. The van der Waals surface area contributed by atoms with Crippen molar-refractivity contribution in [1.29, 1.82) is 0 Å². The molecule has 0 bridgehead atoms. The molecule has 19 heavy (non-hydrogen) atoms. The Morgan fingerprint density at radius 3 is 2.58 bits per heavy atom. The molecule has 1 atom stereocenters. The molecule has 0 aliphatic heterocycles. The van der Waals surface area contributed by atoms with E-state index in [1.807, 2.05) is 25.1 Å². The van der Waals surface area contributed by atoms with Crippen molar-refractivity contribution in [2.75, 3.05) is 0 Å². The molecule has 1 aromatic heterocycles. The van der Waals surface area contributed by atoms with E-state index >= 15 is 0 Å². The van der Waals surface area contributed by atoms with Crippen molar-refractivity contribution >= 4 is 16.7 Å². The number of benzene rings is 1. The number of rotatable bonds is 4. The predicted molar refractivity (Wildman–Crippen MR) is 79.2 cm³/mol. The molecule has 2 nitrogen and oxygen atoms in total. The molecule has 100 valence electrons. The Hall–Kier alpha value is -1.70. The zero-order valence-corrected chi connectivity index (χ0v) is 12.1. The molecular formula is C17H21NO. The summed E-state index contributed by atoms with van der Waals surface area (Å²) in [6.45, 7) is 7.93. The summed E-state index contributed by atoms with van der Waals surface area (Å²) in [5.74, 6) is 0.725. The van der Waals surface area contributed by atoms with Crippen LogP contribution in [0, 0.1) is 18.8 Å². The minimum absolute atomic E-state index is 0.0882. The third-order valence-electron chi connectivity index (χ3n) is 3.70. The van der Waals surface area contributed by atoms with Crippen LogP contribution in [0.4, 0.5) is 0 Å². The first-order chi connectivity index (χ1) is 8.99. The highest BCUT2D eigenvalue weighted by molar-refractivity contribution is 5.84. The van der Waals surface area contributed by atoms with E-state index < -0.39 is 0 Å². The van der Waals surface area contributed by atoms with Gasteiger partial charge in [0.1, 0.15) is 5.78 Å². The fourth-order valence-electron chi connectivity index (χ4n) is 2.65. The van der Waals surface area contributed by atoms with Gasteiger partial charge in [0.25, 0.3) is 0 Å². The maximum absolute atomic E-state index is 11.8. The van der Waals surface area contributed by atoms with Crippen LogP contribution in [0.2, 0.25) is 0 Å². The van der Waals surface area contributed by atoms with E-state index in [-0.39, 0.29) is 11.7 Å². The standard InChI is InChI=1S/C17H21NO/c1-11(2)16(13(4)19)10-14-9-12(3)18-17-8-6-5-7-15(14)17/h5-9,11,16H,10H2,1-4H3. The first kappa shape index (κ1) is 13.7. The number of fused-ring (bicyclic) bond motifs is 1. The van der Waals surface area contributed by atoms with Crippen LogP contribution >= 0.6 is 0 Å². The zero-order valence-electron chi connectivity index (χ0n) is 12.1. The van der Waals surface area contributed by atoms with Crippen LogP contribution in [0.1, 0.15) is 32.0 Å². The van der Waals surface area contributed by atoms with Gasteiger partial charge in [-0.1, -0.05) is 32.0 Å². The maximum Gasteiger partial charge on any atom is 0.133 e. The van der Waals surface area contributed by atoms with Crippen LogP contribution < -0.4 is 0 Å². The van der Waals surface area contributed by atoms with Crippen LogP contribution in [0.5, 0.6) is 0 Å². The largest absolute Gasteiger partial charge is 0.300 e. The summed E-state index contributed by atoms with van der Waals surface area (Å²) in [7, 11) is 0. The van der Waals surface area contributed by atoms with E-state index in [0.29, 0.717) is 5.92 Å². The van der Waals surface area contributed by atoms with Crippen LogP contribution in [0.15, 0.2) is 30.3 Å². The third-order valence-corrected chi connectivity index (χ3v) is 3.70. The Labute approximate surface area is 114 Å². The highest BCUT2D eigenvalue weighted by Gasteiger charge is 2.20. The lowest BCUT2D eigenvalue weighted by atomic mass is 9.85. The summed E-state index contributed by atoms with van der Waals surface area (Å²) < 4.78 is 0. The van der Waals surface area contributed by atoms with Crippen LogP contribution in [0.25, 0.3) is 10.9 Å². The lowest BCUT2D eigenvalue weighted by Gasteiger charge is -2.19. The van der Waals surface area contributed by atoms with Gasteiger partial charge in [0.05, 0.1) is 5.52 Å². The van der Waals surface area contributed by atoms with Crippen LogP contribution in [-0.4, -0.2) is 10.8 Å². The number of aryl methyl sites for hydroxylation is 1. The Kier molecular flexibility index (Phi) is 3.98. The van der Waals surface area contributed by atoms with Gasteiger partial charge in [0, 0.05) is 17.0 Å². The number of hydrogen-bond acceptors (Lipinski definition) is 2. The molecule has 1 aromatic carbocycles. The summed E-state index contributed by atoms with van der Waals surface area (Å²) in [5.41, 5.74) is 3.26. The number of hydrogen-bond donors (Lipinski definition) is 0. The summed E-state index contributed by atoms with van der Waals surface area (Å²) in [5, 5.41) is 1.17. The summed E-state index contributed by atoms with van der Waals surface area (Å²) in [6.07, 6.45) is 0.802. The smallest absolute Gasteiger partial charge is 0.133 e. The fraction of sp³-hybridized carbons (Fsp3) is 0.412. The molecule has 0 spiro atoms. The molecule has 0 saturated carbocycles. The molecule has 0 aliphatic carbocycles. The van der Waals surface area contributed by atoms with Crippen LogP contribution in [0.3, 0.4) is 0 Å². The van der Waals surface area contributed by atoms with Gasteiger partial charge < -0.3 is 0 Å². The van der Waals surface area contributed by atoms with Crippen molar-refractivity contribution in [1.82, 2.24) is 4.98 Å². The molecular weight excluding hydrogens is 234 g/mol. The van der Waals surface area contributed by atoms with E-state index in [1.165, 1.54) is 10.9 Å². The van der Waals surface area contributed by atoms with Gasteiger partial charge in [-0.2, -0.15) is 0 Å². The Morgan fingerprint density at radius 2 is 1.95 bits per heavy atom. The minimum atomic E-state index is 0.0882. The molecule has 2 heteroatoms. The molecule has 2 aromatic rings. The maximum atomic E-state index is 11.8. The van der Waals surface area contributed by atoms with Gasteiger partial charge in [-0.05, 0) is 43.9 Å². The Bertz CT molecular complexity index is 601. The van der Waals surface area contributed by atoms with Gasteiger partial charge in [-0.15, -0.1) is 0 Å².